The van der Waals surface area contributed by atoms with Gasteiger partial charge in [-0.05, 0) is 27.7 Å². The molecule has 0 aromatic carbocycles. The zero-order valence-corrected chi connectivity index (χ0v) is 11.1. The van der Waals surface area contributed by atoms with Gasteiger partial charge in [0.05, 0.1) is 11.3 Å². The van der Waals surface area contributed by atoms with E-state index in [0.29, 0.717) is 11.6 Å². The first-order chi connectivity index (χ1) is 7.93. The van der Waals surface area contributed by atoms with E-state index in [9.17, 15) is 0 Å². The topological polar surface area (TPSA) is 79.7 Å². The minimum Gasteiger partial charge on any atom is -0.409 e. The van der Waals surface area contributed by atoms with Crippen LogP contribution in [0.2, 0.25) is 0 Å². The van der Waals surface area contributed by atoms with Crippen LogP contribution >= 0.6 is 0 Å². The van der Waals surface area contributed by atoms with Crippen LogP contribution in [-0.4, -0.2) is 33.4 Å². The predicted molar refractivity (Wildman–Crippen MR) is 68.6 cm³/mol. The summed E-state index contributed by atoms with van der Waals surface area (Å²) in [5.41, 5.74) is 7.18. The van der Waals surface area contributed by atoms with E-state index in [-0.39, 0.29) is 5.84 Å². The second-order valence-corrected chi connectivity index (χ2v) is 4.27. The molecule has 0 saturated heterocycles. The minimum absolute atomic E-state index is 0.102. The minimum atomic E-state index is 0.102. The summed E-state index contributed by atoms with van der Waals surface area (Å²) in [6, 6.07) is 0.319. The first-order valence-corrected chi connectivity index (χ1v) is 5.72. The number of anilines is 1. The number of nitrogens with two attached hydrogens (primary N) is 1. The van der Waals surface area contributed by atoms with Crippen molar-refractivity contribution in [3.63, 3.8) is 0 Å². The van der Waals surface area contributed by atoms with E-state index in [4.69, 9.17) is 10.9 Å². The lowest BCUT2D eigenvalue weighted by atomic mass is 10.2. The van der Waals surface area contributed by atoms with E-state index >= 15 is 0 Å². The molecule has 0 aliphatic heterocycles. The van der Waals surface area contributed by atoms with Crippen molar-refractivity contribution in [1.82, 2.24) is 9.78 Å². The van der Waals surface area contributed by atoms with E-state index in [1.807, 2.05) is 14.0 Å². The molecule has 6 heteroatoms. The monoisotopic (exact) mass is 239 g/mol. The Morgan fingerprint density at radius 3 is 2.59 bits per heavy atom. The van der Waals surface area contributed by atoms with Crippen molar-refractivity contribution >= 4 is 11.7 Å². The standard InChI is InChI=1S/C11H21N5O/c1-6-16(7(2)3)11-9(10(12)14-17)8(4)13-15(11)5/h7,17H,6H2,1-5H3,(H2,12,14). The Balaban J connectivity index is 3.40. The van der Waals surface area contributed by atoms with Gasteiger partial charge in [0.1, 0.15) is 5.82 Å². The van der Waals surface area contributed by atoms with Crippen LogP contribution in [0.4, 0.5) is 5.82 Å². The lowest BCUT2D eigenvalue weighted by Gasteiger charge is -2.28. The number of hydrogen-bond acceptors (Lipinski definition) is 4. The van der Waals surface area contributed by atoms with Crippen LogP contribution in [0.25, 0.3) is 0 Å². The Morgan fingerprint density at radius 1 is 1.59 bits per heavy atom. The molecule has 0 amide bonds. The molecule has 17 heavy (non-hydrogen) atoms. The maximum absolute atomic E-state index is 8.85. The van der Waals surface area contributed by atoms with Crippen LogP contribution in [0.15, 0.2) is 5.16 Å². The van der Waals surface area contributed by atoms with Crippen molar-refractivity contribution in [3.8, 4) is 0 Å². The fraction of sp³-hybridized carbons (Fsp3) is 0.636. The predicted octanol–water partition coefficient (Wildman–Crippen LogP) is 1.06. The van der Waals surface area contributed by atoms with E-state index in [0.717, 1.165) is 18.1 Å². The zero-order chi connectivity index (χ0) is 13.2. The molecule has 0 aliphatic rings. The summed E-state index contributed by atoms with van der Waals surface area (Å²) in [5, 5.41) is 16.3. The molecular formula is C11H21N5O. The highest BCUT2D eigenvalue weighted by Gasteiger charge is 2.22. The summed E-state index contributed by atoms with van der Waals surface area (Å²) >= 11 is 0. The van der Waals surface area contributed by atoms with E-state index in [1.54, 1.807) is 4.68 Å². The Morgan fingerprint density at radius 2 is 2.18 bits per heavy atom. The van der Waals surface area contributed by atoms with Gasteiger partial charge in [0.15, 0.2) is 5.84 Å². The van der Waals surface area contributed by atoms with Crippen LogP contribution in [0, 0.1) is 6.92 Å². The number of rotatable bonds is 4. The van der Waals surface area contributed by atoms with Crippen molar-refractivity contribution in [2.75, 3.05) is 11.4 Å². The van der Waals surface area contributed by atoms with Crippen molar-refractivity contribution < 1.29 is 5.21 Å². The van der Waals surface area contributed by atoms with Gasteiger partial charge in [0.25, 0.3) is 0 Å². The van der Waals surface area contributed by atoms with Crippen LogP contribution in [0.1, 0.15) is 32.0 Å². The lowest BCUT2D eigenvalue weighted by Crippen LogP contribution is -2.34. The fourth-order valence-corrected chi connectivity index (χ4v) is 2.08. The van der Waals surface area contributed by atoms with Gasteiger partial charge in [-0.1, -0.05) is 5.16 Å². The maximum Gasteiger partial charge on any atom is 0.175 e. The molecule has 1 aromatic heterocycles. The second-order valence-electron chi connectivity index (χ2n) is 4.27. The average Bonchev–Trinajstić information content (AvgIpc) is 2.54. The number of aryl methyl sites for hydroxylation is 2. The van der Waals surface area contributed by atoms with Gasteiger partial charge in [-0.3, -0.25) is 4.68 Å². The van der Waals surface area contributed by atoms with Gasteiger partial charge in [-0.2, -0.15) is 5.10 Å². The highest BCUT2D eigenvalue weighted by Crippen LogP contribution is 2.24. The Labute approximate surface area is 102 Å². The first-order valence-electron chi connectivity index (χ1n) is 5.72. The van der Waals surface area contributed by atoms with Crippen molar-refractivity contribution in [3.05, 3.63) is 11.3 Å². The molecule has 0 aliphatic carbocycles. The molecule has 0 unspecified atom stereocenters. The van der Waals surface area contributed by atoms with E-state index < -0.39 is 0 Å². The smallest absolute Gasteiger partial charge is 0.175 e. The number of amidine groups is 1. The molecule has 6 nitrogen and oxygen atoms in total. The number of hydrogen-bond donors (Lipinski definition) is 2. The van der Waals surface area contributed by atoms with Gasteiger partial charge >= 0.3 is 0 Å². The molecule has 0 fully saturated rings. The summed E-state index contributed by atoms with van der Waals surface area (Å²) in [6.07, 6.45) is 0. The summed E-state index contributed by atoms with van der Waals surface area (Å²) in [7, 11) is 1.86. The number of aromatic nitrogens is 2. The van der Waals surface area contributed by atoms with Gasteiger partial charge < -0.3 is 15.8 Å². The molecule has 1 aromatic rings. The highest BCUT2D eigenvalue weighted by molar-refractivity contribution is 6.02. The molecule has 1 rings (SSSR count). The molecular weight excluding hydrogens is 218 g/mol. The SMILES string of the molecule is CCN(c1c(C(N)=NO)c(C)nn1C)C(C)C. The third-order valence-corrected chi connectivity index (χ3v) is 2.79. The summed E-state index contributed by atoms with van der Waals surface area (Å²) in [4.78, 5) is 2.16. The molecule has 0 atom stereocenters. The van der Waals surface area contributed by atoms with Gasteiger partial charge in [-0.25, -0.2) is 0 Å². The average molecular weight is 239 g/mol. The van der Waals surface area contributed by atoms with Crippen molar-refractivity contribution in [1.29, 1.82) is 0 Å². The molecule has 0 saturated carbocycles. The second kappa shape index (κ2) is 5.07. The third kappa shape index (κ3) is 2.35. The number of oxime groups is 1. The maximum atomic E-state index is 8.85. The van der Waals surface area contributed by atoms with Crippen LogP contribution < -0.4 is 10.6 Å². The summed E-state index contributed by atoms with van der Waals surface area (Å²) in [5.74, 6) is 0.986. The third-order valence-electron chi connectivity index (χ3n) is 2.79. The van der Waals surface area contributed by atoms with Crippen LogP contribution in [0.5, 0.6) is 0 Å². The van der Waals surface area contributed by atoms with Crippen LogP contribution in [-0.2, 0) is 7.05 Å². The normalized spacial score (nSPS) is 12.2. The van der Waals surface area contributed by atoms with Crippen molar-refractivity contribution in [2.45, 2.75) is 33.7 Å². The van der Waals surface area contributed by atoms with E-state index in [2.05, 4.69) is 35.9 Å². The first kappa shape index (κ1) is 13.3. The Hall–Kier alpha value is -1.72. The molecule has 1 heterocycles. The number of nitrogens with zero attached hydrogens (tertiary/aromatic N) is 4. The van der Waals surface area contributed by atoms with Crippen molar-refractivity contribution in [2.24, 2.45) is 17.9 Å². The quantitative estimate of drug-likeness (QED) is 0.356. The highest BCUT2D eigenvalue weighted by atomic mass is 16.4. The van der Waals surface area contributed by atoms with Crippen LogP contribution in [0.3, 0.4) is 0 Å². The lowest BCUT2D eigenvalue weighted by molar-refractivity contribution is 0.318. The Kier molecular flexibility index (Phi) is 3.98. The van der Waals surface area contributed by atoms with Gasteiger partial charge in [-0.15, -0.1) is 0 Å². The van der Waals surface area contributed by atoms with E-state index in [1.165, 1.54) is 0 Å². The fourth-order valence-electron chi connectivity index (χ4n) is 2.08. The van der Waals surface area contributed by atoms with Gasteiger partial charge in [0.2, 0.25) is 0 Å². The zero-order valence-electron chi connectivity index (χ0n) is 11.1. The molecule has 96 valence electrons. The van der Waals surface area contributed by atoms with Gasteiger partial charge in [0, 0.05) is 19.6 Å². The molecule has 0 spiro atoms. The Bertz CT molecular complexity index is 422. The summed E-state index contributed by atoms with van der Waals surface area (Å²) in [6.45, 7) is 8.95. The molecule has 0 bridgehead atoms. The summed E-state index contributed by atoms with van der Waals surface area (Å²) < 4.78 is 1.77. The largest absolute Gasteiger partial charge is 0.409 e. The molecule has 0 radical (unpaired) electrons. The molecule has 3 N–H and O–H groups in total.